The van der Waals surface area contributed by atoms with E-state index in [4.69, 9.17) is 9.52 Å². The molecule has 32 heavy (non-hydrogen) atoms. The summed E-state index contributed by atoms with van der Waals surface area (Å²) in [4.78, 5) is 13.1. The number of aromatic nitrogens is 4. The van der Waals surface area contributed by atoms with Crippen molar-refractivity contribution < 1.29 is 9.21 Å². The van der Waals surface area contributed by atoms with Crippen LogP contribution in [0.2, 0.25) is 0 Å². The second kappa shape index (κ2) is 8.52. The summed E-state index contributed by atoms with van der Waals surface area (Å²) in [6, 6.07) is 9.79. The van der Waals surface area contributed by atoms with Gasteiger partial charge in [0.2, 0.25) is 5.89 Å². The molecule has 0 radical (unpaired) electrons. The minimum absolute atomic E-state index is 0.0345. The Kier molecular flexibility index (Phi) is 5.93. The molecule has 0 spiro atoms. The topological polar surface area (TPSA) is 85.8 Å². The van der Waals surface area contributed by atoms with Crippen molar-refractivity contribution >= 4 is 5.91 Å². The molecule has 2 atom stereocenters. The minimum atomic E-state index is -0.0345. The monoisotopic (exact) mass is 435 g/mol. The Morgan fingerprint density at radius 3 is 2.66 bits per heavy atom. The first kappa shape index (κ1) is 22.2. The van der Waals surface area contributed by atoms with Crippen molar-refractivity contribution in [3.05, 3.63) is 47.5 Å². The van der Waals surface area contributed by atoms with E-state index in [0.29, 0.717) is 29.0 Å². The standard InChI is InChI=1S/C25H33N5O2/c1-15(2)22-12-21(24-28-27-17(4)32-24)29-30(22)20-9-7-8-18(11-20)23(31)26-19-10-16(3)13-25(5,6)14-19/h7-9,11-12,15-16,19H,10,13-14H2,1-6H3,(H,26,31)/t16-,19+/m0/s1. The number of rotatable bonds is 5. The molecule has 2 aromatic heterocycles. The molecule has 1 aliphatic carbocycles. The SMILES string of the molecule is Cc1nnc(-c2cc(C(C)C)n(-c3cccc(C(=O)N[C@@H]4C[C@H](C)CC(C)(C)C4)c3)n2)o1. The summed E-state index contributed by atoms with van der Waals surface area (Å²) < 4.78 is 7.43. The third kappa shape index (κ3) is 4.76. The zero-order valence-electron chi connectivity index (χ0n) is 19.8. The molecule has 1 aromatic carbocycles. The van der Waals surface area contributed by atoms with Crippen LogP contribution in [-0.2, 0) is 0 Å². The van der Waals surface area contributed by atoms with Gasteiger partial charge in [-0.15, -0.1) is 10.2 Å². The number of carbonyl (C=O) groups excluding carboxylic acids is 1. The summed E-state index contributed by atoms with van der Waals surface area (Å²) in [6.07, 6.45) is 3.24. The van der Waals surface area contributed by atoms with E-state index in [1.807, 2.05) is 35.0 Å². The van der Waals surface area contributed by atoms with Crippen LogP contribution in [-0.4, -0.2) is 31.9 Å². The van der Waals surface area contributed by atoms with E-state index >= 15 is 0 Å². The van der Waals surface area contributed by atoms with Gasteiger partial charge < -0.3 is 9.73 Å². The lowest BCUT2D eigenvalue weighted by Crippen LogP contribution is -2.43. The molecule has 0 bridgehead atoms. The predicted molar refractivity (Wildman–Crippen MR) is 124 cm³/mol. The molecule has 170 valence electrons. The molecule has 0 unspecified atom stereocenters. The molecule has 2 heterocycles. The summed E-state index contributed by atoms with van der Waals surface area (Å²) in [5.74, 6) is 1.70. The summed E-state index contributed by atoms with van der Waals surface area (Å²) in [5.41, 5.74) is 3.36. The van der Waals surface area contributed by atoms with E-state index in [1.165, 1.54) is 6.42 Å². The van der Waals surface area contributed by atoms with Gasteiger partial charge in [-0.1, -0.05) is 40.7 Å². The van der Waals surface area contributed by atoms with Gasteiger partial charge in [-0.05, 0) is 60.8 Å². The normalized spacial score (nSPS) is 20.5. The molecule has 7 heteroatoms. The lowest BCUT2D eigenvalue weighted by molar-refractivity contribution is 0.0874. The van der Waals surface area contributed by atoms with Crippen LogP contribution in [0.4, 0.5) is 0 Å². The number of amides is 1. The highest BCUT2D eigenvalue weighted by Crippen LogP contribution is 2.38. The van der Waals surface area contributed by atoms with E-state index in [1.54, 1.807) is 6.92 Å². The Morgan fingerprint density at radius 2 is 2.00 bits per heavy atom. The smallest absolute Gasteiger partial charge is 0.268 e. The van der Waals surface area contributed by atoms with Crippen molar-refractivity contribution in [2.75, 3.05) is 0 Å². The van der Waals surface area contributed by atoms with Gasteiger partial charge in [-0.2, -0.15) is 5.10 Å². The predicted octanol–water partition coefficient (Wildman–Crippen LogP) is 5.30. The summed E-state index contributed by atoms with van der Waals surface area (Å²) in [7, 11) is 0. The maximum atomic E-state index is 13.1. The number of nitrogens with zero attached hydrogens (tertiary/aromatic N) is 4. The van der Waals surface area contributed by atoms with Gasteiger partial charge in [0.1, 0.15) is 5.69 Å². The van der Waals surface area contributed by atoms with Crippen molar-refractivity contribution in [1.29, 1.82) is 0 Å². The molecule has 7 nitrogen and oxygen atoms in total. The first-order chi connectivity index (χ1) is 15.1. The first-order valence-corrected chi connectivity index (χ1v) is 11.4. The maximum absolute atomic E-state index is 13.1. The Morgan fingerprint density at radius 1 is 1.22 bits per heavy atom. The summed E-state index contributed by atoms with van der Waals surface area (Å²) >= 11 is 0. The van der Waals surface area contributed by atoms with Crippen molar-refractivity contribution in [1.82, 2.24) is 25.3 Å². The van der Waals surface area contributed by atoms with Crippen molar-refractivity contribution in [3.8, 4) is 17.3 Å². The van der Waals surface area contributed by atoms with Gasteiger partial charge in [-0.3, -0.25) is 4.79 Å². The number of hydrogen-bond donors (Lipinski definition) is 1. The van der Waals surface area contributed by atoms with Crippen molar-refractivity contribution in [2.24, 2.45) is 11.3 Å². The Bertz CT molecular complexity index is 1110. The zero-order valence-corrected chi connectivity index (χ0v) is 19.8. The Balaban J connectivity index is 1.60. The number of carbonyl (C=O) groups is 1. The average Bonchev–Trinajstić information content (AvgIpc) is 3.33. The van der Waals surface area contributed by atoms with E-state index in [0.717, 1.165) is 24.2 Å². The molecular weight excluding hydrogens is 402 g/mol. The third-order valence-corrected chi connectivity index (χ3v) is 6.15. The quantitative estimate of drug-likeness (QED) is 0.588. The van der Waals surface area contributed by atoms with Crippen LogP contribution < -0.4 is 5.32 Å². The van der Waals surface area contributed by atoms with Gasteiger partial charge in [-0.25, -0.2) is 4.68 Å². The lowest BCUT2D eigenvalue weighted by atomic mass is 9.70. The summed E-state index contributed by atoms with van der Waals surface area (Å²) in [6.45, 7) is 12.8. The molecule has 1 N–H and O–H groups in total. The fourth-order valence-electron chi connectivity index (χ4n) is 5.02. The molecular formula is C25H33N5O2. The lowest BCUT2D eigenvalue weighted by Gasteiger charge is -2.39. The number of benzene rings is 1. The van der Waals surface area contributed by atoms with Crippen LogP contribution in [0.25, 0.3) is 17.3 Å². The highest BCUT2D eigenvalue weighted by atomic mass is 16.4. The van der Waals surface area contributed by atoms with Gasteiger partial charge in [0, 0.05) is 24.2 Å². The largest absolute Gasteiger partial charge is 0.420 e. The van der Waals surface area contributed by atoms with Crippen LogP contribution in [0, 0.1) is 18.3 Å². The van der Waals surface area contributed by atoms with Gasteiger partial charge >= 0.3 is 0 Å². The van der Waals surface area contributed by atoms with Crippen LogP contribution in [0.1, 0.15) is 81.7 Å². The molecule has 3 aromatic rings. The van der Waals surface area contributed by atoms with Crippen molar-refractivity contribution in [2.45, 2.75) is 72.8 Å². The molecule has 4 rings (SSSR count). The van der Waals surface area contributed by atoms with Gasteiger partial charge in [0.25, 0.3) is 11.8 Å². The van der Waals surface area contributed by atoms with Gasteiger partial charge in [0.15, 0.2) is 0 Å². The number of hydrogen-bond acceptors (Lipinski definition) is 5. The number of aryl methyl sites for hydroxylation is 1. The first-order valence-electron chi connectivity index (χ1n) is 11.4. The molecule has 1 amide bonds. The fourth-order valence-corrected chi connectivity index (χ4v) is 5.02. The maximum Gasteiger partial charge on any atom is 0.268 e. The fraction of sp³-hybridized carbons (Fsp3) is 0.520. The van der Waals surface area contributed by atoms with E-state index in [9.17, 15) is 4.79 Å². The molecule has 1 fully saturated rings. The third-order valence-electron chi connectivity index (χ3n) is 6.15. The molecule has 1 saturated carbocycles. The Labute approximate surface area is 189 Å². The van der Waals surface area contributed by atoms with E-state index in [-0.39, 0.29) is 23.3 Å². The van der Waals surface area contributed by atoms with Crippen LogP contribution in [0.15, 0.2) is 34.7 Å². The molecule has 0 aliphatic heterocycles. The highest BCUT2D eigenvalue weighted by Gasteiger charge is 2.32. The van der Waals surface area contributed by atoms with Crippen LogP contribution in [0.3, 0.4) is 0 Å². The molecule has 0 saturated heterocycles. The summed E-state index contributed by atoms with van der Waals surface area (Å²) in [5, 5.41) is 16.0. The van der Waals surface area contributed by atoms with Crippen molar-refractivity contribution in [3.63, 3.8) is 0 Å². The minimum Gasteiger partial charge on any atom is -0.420 e. The highest BCUT2D eigenvalue weighted by molar-refractivity contribution is 5.95. The second-order valence-corrected chi connectivity index (χ2v) is 10.3. The Hall–Kier alpha value is -2.96. The van der Waals surface area contributed by atoms with Crippen LogP contribution in [0.5, 0.6) is 0 Å². The number of nitrogens with one attached hydrogen (secondary N) is 1. The van der Waals surface area contributed by atoms with E-state index in [2.05, 4.69) is 50.1 Å². The molecule has 1 aliphatic rings. The van der Waals surface area contributed by atoms with Crippen LogP contribution >= 0.6 is 0 Å². The van der Waals surface area contributed by atoms with Gasteiger partial charge in [0.05, 0.1) is 5.69 Å². The average molecular weight is 436 g/mol. The van der Waals surface area contributed by atoms with E-state index < -0.39 is 0 Å². The second-order valence-electron chi connectivity index (χ2n) is 10.3. The zero-order chi connectivity index (χ0) is 23.0.